The normalized spacial score (nSPS) is 22.9. The SMILES string of the molecule is CC[C@@H](N[C@@H]1C=C[C@H](CO)C1)c1cccc([N+](=O)[O-])c1. The number of nitro groups is 1. The second-order valence-corrected chi connectivity index (χ2v) is 5.15. The highest BCUT2D eigenvalue weighted by Crippen LogP contribution is 2.25. The number of non-ortho nitro benzene ring substituents is 1. The quantitative estimate of drug-likeness (QED) is 0.475. The number of rotatable bonds is 6. The van der Waals surface area contributed by atoms with E-state index in [2.05, 4.69) is 18.3 Å². The third-order valence-corrected chi connectivity index (χ3v) is 3.71. The molecule has 108 valence electrons. The van der Waals surface area contributed by atoms with Crippen molar-refractivity contribution < 1.29 is 10.0 Å². The van der Waals surface area contributed by atoms with Gasteiger partial charge in [-0.25, -0.2) is 0 Å². The van der Waals surface area contributed by atoms with E-state index < -0.39 is 0 Å². The third kappa shape index (κ3) is 3.43. The molecule has 0 bridgehead atoms. The maximum absolute atomic E-state index is 10.8. The van der Waals surface area contributed by atoms with Crippen molar-refractivity contribution in [2.45, 2.75) is 31.8 Å². The molecule has 2 rings (SSSR count). The number of aliphatic hydroxyl groups excluding tert-OH is 1. The van der Waals surface area contributed by atoms with Crippen LogP contribution in [0.5, 0.6) is 0 Å². The van der Waals surface area contributed by atoms with Gasteiger partial charge in [0, 0.05) is 36.7 Å². The lowest BCUT2D eigenvalue weighted by Gasteiger charge is -2.22. The van der Waals surface area contributed by atoms with E-state index in [-0.39, 0.29) is 35.2 Å². The fourth-order valence-electron chi connectivity index (χ4n) is 2.60. The Morgan fingerprint density at radius 3 is 2.90 bits per heavy atom. The highest BCUT2D eigenvalue weighted by Gasteiger charge is 2.21. The molecule has 0 saturated heterocycles. The lowest BCUT2D eigenvalue weighted by Crippen LogP contribution is -2.30. The number of hydrogen-bond acceptors (Lipinski definition) is 4. The van der Waals surface area contributed by atoms with Gasteiger partial charge in [0.05, 0.1) is 4.92 Å². The summed E-state index contributed by atoms with van der Waals surface area (Å²) < 4.78 is 0. The van der Waals surface area contributed by atoms with Crippen LogP contribution in [0.1, 0.15) is 31.4 Å². The standard InChI is InChI=1S/C15H20N2O3/c1-2-15(16-13-7-6-11(8-13)10-18)12-4-3-5-14(9-12)17(19)20/h3-7,9,11,13,15-16,18H,2,8,10H2,1H3/t11-,13+,15+/m0/s1. The Labute approximate surface area is 118 Å². The number of nitro benzene ring substituents is 1. The molecule has 1 aromatic rings. The molecule has 0 fully saturated rings. The number of aliphatic hydroxyl groups is 1. The Hall–Kier alpha value is -1.72. The highest BCUT2D eigenvalue weighted by atomic mass is 16.6. The molecule has 0 unspecified atom stereocenters. The molecule has 0 spiro atoms. The van der Waals surface area contributed by atoms with E-state index >= 15 is 0 Å². The van der Waals surface area contributed by atoms with E-state index in [4.69, 9.17) is 5.11 Å². The van der Waals surface area contributed by atoms with Crippen molar-refractivity contribution >= 4 is 5.69 Å². The van der Waals surface area contributed by atoms with Crippen molar-refractivity contribution in [3.63, 3.8) is 0 Å². The van der Waals surface area contributed by atoms with E-state index in [9.17, 15) is 10.1 Å². The molecule has 3 atom stereocenters. The molecule has 5 heteroatoms. The maximum Gasteiger partial charge on any atom is 0.269 e. The summed E-state index contributed by atoms with van der Waals surface area (Å²) in [5.41, 5.74) is 1.06. The summed E-state index contributed by atoms with van der Waals surface area (Å²) in [6.07, 6.45) is 5.83. The Morgan fingerprint density at radius 1 is 1.50 bits per heavy atom. The Kier molecular flexibility index (Phi) is 4.87. The van der Waals surface area contributed by atoms with Crippen LogP contribution in [0.2, 0.25) is 0 Å². The first-order valence-electron chi connectivity index (χ1n) is 6.93. The van der Waals surface area contributed by atoms with Gasteiger partial charge in [0.1, 0.15) is 0 Å². The molecule has 0 saturated carbocycles. The largest absolute Gasteiger partial charge is 0.396 e. The van der Waals surface area contributed by atoms with Crippen LogP contribution in [0.4, 0.5) is 5.69 Å². The van der Waals surface area contributed by atoms with Crippen LogP contribution in [-0.2, 0) is 0 Å². The second kappa shape index (κ2) is 6.63. The van der Waals surface area contributed by atoms with Crippen LogP contribution < -0.4 is 5.32 Å². The number of nitrogens with zero attached hydrogens (tertiary/aromatic N) is 1. The van der Waals surface area contributed by atoms with Crippen LogP contribution in [0, 0.1) is 16.0 Å². The van der Waals surface area contributed by atoms with E-state index in [1.54, 1.807) is 12.1 Å². The fourth-order valence-corrected chi connectivity index (χ4v) is 2.60. The minimum Gasteiger partial charge on any atom is -0.396 e. The van der Waals surface area contributed by atoms with Gasteiger partial charge >= 0.3 is 0 Å². The number of benzene rings is 1. The molecule has 0 radical (unpaired) electrons. The second-order valence-electron chi connectivity index (χ2n) is 5.15. The van der Waals surface area contributed by atoms with Gasteiger partial charge in [-0.3, -0.25) is 10.1 Å². The molecule has 0 aromatic heterocycles. The number of nitrogens with one attached hydrogen (secondary N) is 1. The molecule has 1 aromatic carbocycles. The van der Waals surface area contributed by atoms with Crippen LogP contribution in [0.25, 0.3) is 0 Å². The maximum atomic E-state index is 10.8. The van der Waals surface area contributed by atoms with Crippen molar-refractivity contribution in [2.75, 3.05) is 6.61 Å². The molecule has 2 N–H and O–H groups in total. The Morgan fingerprint density at radius 2 is 2.30 bits per heavy atom. The van der Waals surface area contributed by atoms with Crippen molar-refractivity contribution in [1.82, 2.24) is 5.32 Å². The summed E-state index contributed by atoms with van der Waals surface area (Å²) in [4.78, 5) is 10.5. The zero-order valence-electron chi connectivity index (χ0n) is 11.5. The van der Waals surface area contributed by atoms with Gasteiger partial charge in [-0.05, 0) is 18.4 Å². The topological polar surface area (TPSA) is 75.4 Å². The summed E-state index contributed by atoms with van der Waals surface area (Å²) in [5, 5.41) is 23.5. The van der Waals surface area contributed by atoms with Gasteiger partial charge in [-0.2, -0.15) is 0 Å². The Bertz CT molecular complexity index is 502. The summed E-state index contributed by atoms with van der Waals surface area (Å²) in [7, 11) is 0. The monoisotopic (exact) mass is 276 g/mol. The van der Waals surface area contributed by atoms with Crippen molar-refractivity contribution in [3.8, 4) is 0 Å². The van der Waals surface area contributed by atoms with E-state index in [1.807, 2.05) is 12.1 Å². The predicted molar refractivity (Wildman–Crippen MR) is 77.4 cm³/mol. The molecule has 1 aliphatic carbocycles. The summed E-state index contributed by atoms with van der Waals surface area (Å²) in [6.45, 7) is 2.22. The zero-order chi connectivity index (χ0) is 14.5. The van der Waals surface area contributed by atoms with Gasteiger partial charge in [-0.15, -0.1) is 0 Å². The van der Waals surface area contributed by atoms with Crippen LogP contribution in [0.15, 0.2) is 36.4 Å². The Balaban J connectivity index is 2.07. The fraction of sp³-hybridized carbons (Fsp3) is 0.467. The summed E-state index contributed by atoms with van der Waals surface area (Å²) >= 11 is 0. The van der Waals surface area contributed by atoms with Crippen molar-refractivity contribution in [1.29, 1.82) is 0 Å². The average molecular weight is 276 g/mol. The van der Waals surface area contributed by atoms with Gasteiger partial charge in [0.15, 0.2) is 0 Å². The van der Waals surface area contributed by atoms with Gasteiger partial charge in [0.2, 0.25) is 0 Å². The van der Waals surface area contributed by atoms with E-state index in [0.717, 1.165) is 18.4 Å². The van der Waals surface area contributed by atoms with E-state index in [1.165, 1.54) is 6.07 Å². The van der Waals surface area contributed by atoms with Crippen molar-refractivity contribution in [3.05, 3.63) is 52.1 Å². The lowest BCUT2D eigenvalue weighted by molar-refractivity contribution is -0.384. The van der Waals surface area contributed by atoms with Crippen LogP contribution in [-0.4, -0.2) is 22.7 Å². The smallest absolute Gasteiger partial charge is 0.269 e. The van der Waals surface area contributed by atoms with Crippen LogP contribution >= 0.6 is 0 Å². The summed E-state index contributed by atoms with van der Waals surface area (Å²) in [6, 6.07) is 7.07. The lowest BCUT2D eigenvalue weighted by atomic mass is 10.0. The predicted octanol–water partition coefficient (Wildman–Crippen LogP) is 2.57. The van der Waals surface area contributed by atoms with E-state index in [0.29, 0.717) is 0 Å². The summed E-state index contributed by atoms with van der Waals surface area (Å²) in [5.74, 6) is 0.218. The molecule has 0 amide bonds. The minimum atomic E-state index is -0.368. The molecular weight excluding hydrogens is 256 g/mol. The molecule has 1 aliphatic rings. The van der Waals surface area contributed by atoms with Crippen LogP contribution in [0.3, 0.4) is 0 Å². The van der Waals surface area contributed by atoms with Gasteiger partial charge in [-0.1, -0.05) is 31.2 Å². The average Bonchev–Trinajstić information content (AvgIpc) is 2.92. The van der Waals surface area contributed by atoms with Gasteiger partial charge in [0.25, 0.3) is 5.69 Å². The van der Waals surface area contributed by atoms with Crippen molar-refractivity contribution in [2.24, 2.45) is 5.92 Å². The molecular formula is C15H20N2O3. The van der Waals surface area contributed by atoms with Gasteiger partial charge < -0.3 is 10.4 Å². The molecule has 5 nitrogen and oxygen atoms in total. The first-order chi connectivity index (χ1) is 9.63. The highest BCUT2D eigenvalue weighted by molar-refractivity contribution is 5.36. The molecule has 0 heterocycles. The molecule has 20 heavy (non-hydrogen) atoms. The first kappa shape index (κ1) is 14.7. The zero-order valence-corrected chi connectivity index (χ0v) is 11.5. The third-order valence-electron chi connectivity index (χ3n) is 3.71. The first-order valence-corrected chi connectivity index (χ1v) is 6.93. The number of hydrogen-bond donors (Lipinski definition) is 2. The molecule has 0 aliphatic heterocycles. The minimum absolute atomic E-state index is 0.0852.